The van der Waals surface area contributed by atoms with E-state index in [0.29, 0.717) is 36.8 Å². The third-order valence-corrected chi connectivity index (χ3v) is 16.3. The summed E-state index contributed by atoms with van der Waals surface area (Å²) in [6, 6.07) is 6.66. The van der Waals surface area contributed by atoms with E-state index in [2.05, 4.69) is 21.3 Å². The summed E-state index contributed by atoms with van der Waals surface area (Å²) >= 11 is 0. The zero-order valence-electron chi connectivity index (χ0n) is 39.0. The van der Waals surface area contributed by atoms with Crippen molar-refractivity contribution in [1.29, 1.82) is 0 Å². The van der Waals surface area contributed by atoms with Crippen LogP contribution in [-0.4, -0.2) is 179 Å². The molecule has 2 aromatic carbocycles. The second-order valence-electron chi connectivity index (χ2n) is 18.4. The Labute approximate surface area is 392 Å². The van der Waals surface area contributed by atoms with Crippen molar-refractivity contribution in [2.45, 2.75) is 126 Å². The molecule has 4 heterocycles. The van der Waals surface area contributed by atoms with Gasteiger partial charge < -0.3 is 45.3 Å². The summed E-state index contributed by atoms with van der Waals surface area (Å²) < 4.78 is 94.5. The highest BCUT2D eigenvalue weighted by Gasteiger charge is 2.56. The third kappa shape index (κ3) is 12.6. The Hall–Kier alpha value is -4.00. The minimum atomic E-state index is -3.69. The maximum absolute atomic E-state index is 14.7. The maximum atomic E-state index is 14.7. The molecular weight excluding hydrogens is 915 g/mol. The topological polar surface area (TPSA) is 216 Å². The molecule has 0 bridgehead atoms. The summed E-state index contributed by atoms with van der Waals surface area (Å²) in [5.41, 5.74) is 0.322. The SMILES string of the molecule is CNC(C)C(=O)NC(CCCCC(NCC(C)(C=O)NC)C(=O)N1CCC2C1C(OCc1ccc(F)cc1)CN2S(C)(=O)=O)C(=O)N1CCC2C1C(OCc1ccc(F)cc1)CN2S(C)(=O)=O. The lowest BCUT2D eigenvalue weighted by atomic mass is 9.99. The van der Waals surface area contributed by atoms with Gasteiger partial charge in [-0.1, -0.05) is 37.1 Å². The average molecular weight is 981 g/mol. The number of carbonyl (C=O) groups is 4. The fourth-order valence-corrected chi connectivity index (χ4v) is 12.0. The monoisotopic (exact) mass is 980 g/mol. The van der Waals surface area contributed by atoms with E-state index in [-0.39, 0.29) is 64.7 Å². The fourth-order valence-electron chi connectivity index (χ4n) is 9.73. The first-order valence-corrected chi connectivity index (χ1v) is 26.5. The number of rotatable bonds is 23. The second-order valence-corrected chi connectivity index (χ2v) is 22.3. The van der Waals surface area contributed by atoms with Crippen LogP contribution in [0.25, 0.3) is 0 Å². The molecule has 4 N–H and O–H groups in total. The Morgan fingerprint density at radius 2 is 1.19 bits per heavy atom. The average Bonchev–Trinajstić information content (AvgIpc) is 4.09. The van der Waals surface area contributed by atoms with Gasteiger partial charge in [0.05, 0.1) is 67.6 Å². The molecule has 0 aromatic heterocycles. The van der Waals surface area contributed by atoms with Gasteiger partial charge in [-0.3, -0.25) is 14.4 Å². The lowest BCUT2D eigenvalue weighted by molar-refractivity contribution is -0.140. The third-order valence-electron chi connectivity index (χ3n) is 13.8. The molecule has 4 aliphatic heterocycles. The molecule has 0 saturated carbocycles. The number of ether oxygens (including phenoxy) is 2. The highest BCUT2D eigenvalue weighted by Crippen LogP contribution is 2.38. The Morgan fingerprint density at radius 3 is 1.60 bits per heavy atom. The predicted molar refractivity (Wildman–Crippen MR) is 245 cm³/mol. The molecule has 10 atom stereocenters. The van der Waals surface area contributed by atoms with Crippen LogP contribution in [0.1, 0.15) is 63.5 Å². The molecule has 4 saturated heterocycles. The van der Waals surface area contributed by atoms with Gasteiger partial charge in [-0.2, -0.15) is 8.61 Å². The van der Waals surface area contributed by atoms with Crippen LogP contribution in [0.4, 0.5) is 8.78 Å². The van der Waals surface area contributed by atoms with E-state index in [0.717, 1.165) is 18.8 Å². The van der Waals surface area contributed by atoms with Crippen LogP contribution in [-0.2, 0) is 61.9 Å². The molecule has 22 heteroatoms. The molecular formula is C45H66F2N8O10S2. The van der Waals surface area contributed by atoms with Crippen molar-refractivity contribution in [2.24, 2.45) is 0 Å². The Kier molecular flexibility index (Phi) is 17.3. The van der Waals surface area contributed by atoms with E-state index in [9.17, 15) is 44.8 Å². The molecule has 0 aliphatic carbocycles. The number of nitrogens with one attached hydrogen (secondary N) is 4. The number of nitrogens with zero attached hydrogens (tertiary/aromatic N) is 4. The van der Waals surface area contributed by atoms with Crippen molar-refractivity contribution in [1.82, 2.24) is 39.7 Å². The van der Waals surface area contributed by atoms with E-state index in [1.165, 1.54) is 32.9 Å². The van der Waals surface area contributed by atoms with Crippen LogP contribution in [0.3, 0.4) is 0 Å². The number of fused-ring (bicyclic) bond motifs is 2. The molecule has 67 heavy (non-hydrogen) atoms. The van der Waals surface area contributed by atoms with E-state index in [1.807, 2.05) is 0 Å². The highest BCUT2D eigenvalue weighted by atomic mass is 32.2. The number of amides is 3. The number of likely N-dealkylation sites (tertiary alicyclic amines) is 2. The van der Waals surface area contributed by atoms with Gasteiger partial charge in [0, 0.05) is 44.8 Å². The number of carbonyl (C=O) groups excluding carboxylic acids is 4. The number of hydrogen-bond donors (Lipinski definition) is 4. The quantitative estimate of drug-likeness (QED) is 0.0894. The van der Waals surface area contributed by atoms with Crippen LogP contribution >= 0.6 is 0 Å². The van der Waals surface area contributed by atoms with Crippen LogP contribution in [0.2, 0.25) is 0 Å². The highest BCUT2D eigenvalue weighted by molar-refractivity contribution is 7.88. The first kappa shape index (κ1) is 52.4. The Morgan fingerprint density at radius 1 is 0.761 bits per heavy atom. The molecule has 0 radical (unpaired) electrons. The van der Waals surface area contributed by atoms with Gasteiger partial charge in [0.15, 0.2) is 0 Å². The molecule has 372 valence electrons. The molecule has 6 rings (SSSR count). The first-order chi connectivity index (χ1) is 31.7. The summed E-state index contributed by atoms with van der Waals surface area (Å²) in [6.07, 6.45) is 3.51. The summed E-state index contributed by atoms with van der Waals surface area (Å²) in [7, 11) is -4.12. The number of aldehydes is 1. The molecule has 4 aliphatic rings. The first-order valence-electron chi connectivity index (χ1n) is 22.8. The van der Waals surface area contributed by atoms with Crippen LogP contribution in [0.15, 0.2) is 48.5 Å². The predicted octanol–water partition coefficient (Wildman–Crippen LogP) is 0.713. The molecule has 4 fully saturated rings. The van der Waals surface area contributed by atoms with Gasteiger partial charge in [0.25, 0.3) is 0 Å². The van der Waals surface area contributed by atoms with Gasteiger partial charge in [0.1, 0.15) is 24.0 Å². The van der Waals surface area contributed by atoms with Gasteiger partial charge >= 0.3 is 0 Å². The van der Waals surface area contributed by atoms with Gasteiger partial charge in [-0.25, -0.2) is 25.6 Å². The number of sulfonamides is 2. The van der Waals surface area contributed by atoms with Crippen molar-refractivity contribution in [3.63, 3.8) is 0 Å². The number of halogens is 2. The second kappa shape index (κ2) is 22.2. The summed E-state index contributed by atoms with van der Waals surface area (Å²) in [5, 5.41) is 12.1. The van der Waals surface area contributed by atoms with Gasteiger partial charge in [-0.05, 0) is 89.0 Å². The number of unbranched alkanes of at least 4 members (excludes halogenated alkanes) is 1. The van der Waals surface area contributed by atoms with Gasteiger partial charge in [0.2, 0.25) is 37.8 Å². The van der Waals surface area contributed by atoms with E-state index in [1.54, 1.807) is 62.0 Å². The molecule has 10 unspecified atom stereocenters. The van der Waals surface area contributed by atoms with Gasteiger partial charge in [-0.15, -0.1) is 0 Å². The molecule has 0 spiro atoms. The van der Waals surface area contributed by atoms with Crippen LogP contribution in [0.5, 0.6) is 0 Å². The molecule has 3 amide bonds. The smallest absolute Gasteiger partial charge is 0.245 e. The molecule has 2 aromatic rings. The van der Waals surface area contributed by atoms with Crippen molar-refractivity contribution < 1.29 is 54.3 Å². The fraction of sp³-hybridized carbons (Fsp3) is 0.644. The minimum Gasteiger partial charge on any atom is -0.370 e. The van der Waals surface area contributed by atoms with E-state index >= 15 is 0 Å². The summed E-state index contributed by atoms with van der Waals surface area (Å²) in [4.78, 5) is 58.2. The zero-order chi connectivity index (χ0) is 48.8. The lowest BCUT2D eigenvalue weighted by Crippen LogP contribution is -2.57. The summed E-state index contributed by atoms with van der Waals surface area (Å²) in [6.45, 7) is 4.05. The number of benzene rings is 2. The standard InChI is InChI=1S/C45H66F2N8O10S2/c1-29(48-3)42(57)51-35(44(59)53-22-20-37-41(53)39(24-55(37)67(6,62)63)65-26-31-13-17-33(47)18-14-31)10-8-7-9-34(50-27-45(2,28-56)49-4)43(58)52-21-19-36-40(52)38(23-54(36)66(5,60)61)64-25-30-11-15-32(46)16-12-30/h11-18,28-29,34-41,48-50H,7-10,19-27H2,1-6H3,(H,51,57). The lowest BCUT2D eigenvalue weighted by Gasteiger charge is -2.34. The zero-order valence-corrected chi connectivity index (χ0v) is 40.7. The Bertz CT molecular complexity index is 2280. The van der Waals surface area contributed by atoms with Crippen LogP contribution < -0.4 is 21.3 Å². The maximum Gasteiger partial charge on any atom is 0.245 e. The van der Waals surface area contributed by atoms with E-state index < -0.39 is 104 Å². The number of likely N-dealkylation sites (N-methyl/N-ethyl adjacent to an activating group) is 2. The van der Waals surface area contributed by atoms with Crippen molar-refractivity contribution in [3.05, 3.63) is 71.3 Å². The molecule has 18 nitrogen and oxygen atoms in total. The van der Waals surface area contributed by atoms with Crippen molar-refractivity contribution >= 4 is 44.1 Å². The minimum absolute atomic E-state index is 0.0120. The van der Waals surface area contributed by atoms with Crippen molar-refractivity contribution in [2.75, 3.05) is 59.3 Å². The normalized spacial score (nSPS) is 25.6. The van der Waals surface area contributed by atoms with Crippen LogP contribution in [0, 0.1) is 11.6 Å². The number of hydrogen-bond acceptors (Lipinski definition) is 13. The van der Waals surface area contributed by atoms with E-state index in [4.69, 9.17) is 9.47 Å². The summed E-state index contributed by atoms with van der Waals surface area (Å²) in [5.74, 6) is -1.94. The Balaban J connectivity index is 1.19. The largest absolute Gasteiger partial charge is 0.370 e. The van der Waals surface area contributed by atoms with Crippen molar-refractivity contribution in [3.8, 4) is 0 Å².